The molecule has 1 aliphatic rings. The molecule has 0 saturated heterocycles. The molecule has 2 amide bonds. The Labute approximate surface area is 128 Å². The first kappa shape index (κ1) is 15.8. The Balaban J connectivity index is 1.93. The van der Waals surface area contributed by atoms with Crippen LogP contribution in [0.4, 0.5) is 9.80 Å². The number of nitrogens with zero attached hydrogens (tertiary/aromatic N) is 1. The smallest absolute Gasteiger partial charge is 0.338 e. The standard InChI is InChI=1S/C14H21N3O3S/c1-17(2)14(6-3-4-7-14)9-15-13(20)16-11-10(12(18)19)5-8-21-11/h5,8H,3-4,6-7,9H2,1-2H3,(H,18,19)(H2,15,16,20). The van der Waals surface area contributed by atoms with Crippen molar-refractivity contribution in [2.45, 2.75) is 31.2 Å². The Kier molecular flexibility index (Phi) is 4.84. The van der Waals surface area contributed by atoms with Crippen LogP contribution < -0.4 is 10.6 Å². The first-order chi connectivity index (χ1) is 9.94. The molecular formula is C14H21N3O3S. The average molecular weight is 311 g/mol. The average Bonchev–Trinajstić information content (AvgIpc) is 3.05. The van der Waals surface area contributed by atoms with Gasteiger partial charge in [-0.1, -0.05) is 12.8 Å². The largest absolute Gasteiger partial charge is 0.478 e. The molecule has 2 rings (SSSR count). The molecule has 0 aromatic carbocycles. The van der Waals surface area contributed by atoms with Crippen LogP contribution in [0.3, 0.4) is 0 Å². The van der Waals surface area contributed by atoms with Gasteiger partial charge in [0.05, 0.1) is 5.56 Å². The van der Waals surface area contributed by atoms with Crippen LogP contribution in [0.15, 0.2) is 11.4 Å². The van der Waals surface area contributed by atoms with Crippen molar-refractivity contribution in [3.63, 3.8) is 0 Å². The van der Waals surface area contributed by atoms with Crippen LogP contribution in [0.5, 0.6) is 0 Å². The molecule has 0 bridgehead atoms. The number of hydrogen-bond acceptors (Lipinski definition) is 4. The number of amides is 2. The summed E-state index contributed by atoms with van der Waals surface area (Å²) in [5, 5.41) is 16.5. The minimum absolute atomic E-state index is 0.0163. The number of carbonyl (C=O) groups is 2. The fourth-order valence-electron chi connectivity index (χ4n) is 2.78. The topological polar surface area (TPSA) is 81.7 Å². The molecule has 0 spiro atoms. The number of nitrogens with one attached hydrogen (secondary N) is 2. The van der Waals surface area contributed by atoms with Gasteiger partial charge < -0.3 is 15.3 Å². The third kappa shape index (κ3) is 3.54. The van der Waals surface area contributed by atoms with Gasteiger partial charge in [0, 0.05) is 12.1 Å². The molecule has 1 aliphatic carbocycles. The highest BCUT2D eigenvalue weighted by molar-refractivity contribution is 7.14. The van der Waals surface area contributed by atoms with Crippen LogP contribution in [-0.4, -0.2) is 48.2 Å². The van der Waals surface area contributed by atoms with E-state index < -0.39 is 5.97 Å². The lowest BCUT2D eigenvalue weighted by Crippen LogP contribution is -2.51. The normalized spacial score (nSPS) is 16.9. The van der Waals surface area contributed by atoms with Gasteiger partial charge in [0.2, 0.25) is 0 Å². The molecule has 116 valence electrons. The summed E-state index contributed by atoms with van der Waals surface area (Å²) in [6.45, 7) is 0.569. The monoisotopic (exact) mass is 311 g/mol. The Hall–Kier alpha value is -1.60. The van der Waals surface area contributed by atoms with Crippen molar-refractivity contribution in [1.29, 1.82) is 0 Å². The Bertz CT molecular complexity index is 521. The van der Waals surface area contributed by atoms with E-state index in [-0.39, 0.29) is 17.1 Å². The second-order valence-electron chi connectivity index (χ2n) is 5.60. The van der Waals surface area contributed by atoms with Crippen LogP contribution in [0.25, 0.3) is 0 Å². The zero-order valence-electron chi connectivity index (χ0n) is 12.3. The highest BCUT2D eigenvalue weighted by Gasteiger charge is 2.36. The summed E-state index contributed by atoms with van der Waals surface area (Å²) in [6.07, 6.45) is 4.49. The first-order valence-corrected chi connectivity index (χ1v) is 7.86. The molecule has 1 saturated carbocycles. The molecule has 0 aliphatic heterocycles. The predicted octanol–water partition coefficient (Wildman–Crippen LogP) is 2.44. The molecule has 1 aromatic rings. The van der Waals surface area contributed by atoms with Gasteiger partial charge in [0.25, 0.3) is 0 Å². The number of carbonyl (C=O) groups excluding carboxylic acids is 1. The second kappa shape index (κ2) is 6.44. The van der Waals surface area contributed by atoms with Gasteiger partial charge >= 0.3 is 12.0 Å². The van der Waals surface area contributed by atoms with E-state index in [9.17, 15) is 9.59 Å². The maximum atomic E-state index is 12.0. The van der Waals surface area contributed by atoms with Gasteiger partial charge in [-0.25, -0.2) is 9.59 Å². The van der Waals surface area contributed by atoms with Crippen molar-refractivity contribution in [3.8, 4) is 0 Å². The Morgan fingerprint density at radius 3 is 2.62 bits per heavy atom. The molecule has 0 unspecified atom stereocenters. The number of urea groups is 1. The Morgan fingerprint density at radius 2 is 2.05 bits per heavy atom. The number of anilines is 1. The molecular weight excluding hydrogens is 290 g/mol. The SMILES string of the molecule is CN(C)C1(CNC(=O)Nc2sccc2C(=O)O)CCCC1. The van der Waals surface area contributed by atoms with Crippen molar-refractivity contribution in [3.05, 3.63) is 17.0 Å². The van der Waals surface area contributed by atoms with Gasteiger partial charge in [-0.15, -0.1) is 11.3 Å². The number of rotatable bonds is 5. The van der Waals surface area contributed by atoms with Crippen LogP contribution in [0, 0.1) is 0 Å². The summed E-state index contributed by atoms with van der Waals surface area (Å²) in [5.41, 5.74) is 0.140. The first-order valence-electron chi connectivity index (χ1n) is 6.98. The molecule has 0 atom stereocenters. The molecule has 3 N–H and O–H groups in total. The summed E-state index contributed by atoms with van der Waals surface area (Å²) >= 11 is 1.21. The maximum absolute atomic E-state index is 12.0. The van der Waals surface area contributed by atoms with Gasteiger partial charge in [-0.2, -0.15) is 0 Å². The summed E-state index contributed by atoms with van der Waals surface area (Å²) < 4.78 is 0. The number of thiophene rings is 1. The molecule has 7 heteroatoms. The van der Waals surface area contributed by atoms with Crippen molar-refractivity contribution in [1.82, 2.24) is 10.2 Å². The van der Waals surface area contributed by atoms with E-state index >= 15 is 0 Å². The number of carboxylic acids is 1. The van der Waals surface area contributed by atoms with E-state index in [4.69, 9.17) is 5.11 Å². The molecule has 1 fully saturated rings. The molecule has 0 radical (unpaired) electrons. The fraction of sp³-hybridized carbons (Fsp3) is 0.571. The summed E-state index contributed by atoms with van der Waals surface area (Å²) in [7, 11) is 4.07. The number of likely N-dealkylation sites (N-methyl/N-ethyl adjacent to an activating group) is 1. The van der Waals surface area contributed by atoms with Crippen molar-refractivity contribution >= 4 is 28.3 Å². The van der Waals surface area contributed by atoms with Gasteiger partial charge in [0.1, 0.15) is 5.00 Å². The lowest BCUT2D eigenvalue weighted by Gasteiger charge is -2.36. The lowest BCUT2D eigenvalue weighted by atomic mass is 9.96. The van der Waals surface area contributed by atoms with Crippen molar-refractivity contribution in [2.75, 3.05) is 26.0 Å². The molecule has 1 heterocycles. The van der Waals surface area contributed by atoms with Gasteiger partial charge in [0.15, 0.2) is 0 Å². The van der Waals surface area contributed by atoms with Crippen molar-refractivity contribution in [2.24, 2.45) is 0 Å². The highest BCUT2D eigenvalue weighted by Crippen LogP contribution is 2.33. The van der Waals surface area contributed by atoms with E-state index in [1.807, 2.05) is 14.1 Å². The minimum atomic E-state index is -1.04. The van der Waals surface area contributed by atoms with E-state index in [1.54, 1.807) is 5.38 Å². The van der Waals surface area contributed by atoms with E-state index in [1.165, 1.54) is 30.2 Å². The fourth-order valence-corrected chi connectivity index (χ4v) is 3.56. The third-order valence-electron chi connectivity index (χ3n) is 4.18. The van der Waals surface area contributed by atoms with E-state index in [0.717, 1.165) is 12.8 Å². The number of aromatic carboxylic acids is 1. The quantitative estimate of drug-likeness (QED) is 0.780. The van der Waals surface area contributed by atoms with E-state index in [0.29, 0.717) is 11.5 Å². The summed E-state index contributed by atoms with van der Waals surface area (Å²) in [5.74, 6) is -1.04. The van der Waals surface area contributed by atoms with Crippen LogP contribution in [0.2, 0.25) is 0 Å². The molecule has 21 heavy (non-hydrogen) atoms. The van der Waals surface area contributed by atoms with E-state index in [2.05, 4.69) is 15.5 Å². The Morgan fingerprint density at radius 1 is 1.38 bits per heavy atom. The second-order valence-corrected chi connectivity index (χ2v) is 6.52. The third-order valence-corrected chi connectivity index (χ3v) is 5.01. The summed E-state index contributed by atoms with van der Waals surface area (Å²) in [6, 6.07) is 1.13. The molecule has 1 aromatic heterocycles. The maximum Gasteiger partial charge on any atom is 0.338 e. The minimum Gasteiger partial charge on any atom is -0.478 e. The lowest BCUT2D eigenvalue weighted by molar-refractivity contribution is 0.0698. The number of hydrogen-bond donors (Lipinski definition) is 3. The summed E-state index contributed by atoms with van der Waals surface area (Å²) in [4.78, 5) is 25.2. The van der Waals surface area contributed by atoms with Crippen molar-refractivity contribution < 1.29 is 14.7 Å². The molecule has 6 nitrogen and oxygen atoms in total. The van der Waals surface area contributed by atoms with Crippen LogP contribution in [-0.2, 0) is 0 Å². The van der Waals surface area contributed by atoms with Gasteiger partial charge in [-0.05, 0) is 38.4 Å². The van der Waals surface area contributed by atoms with Crippen LogP contribution in [0.1, 0.15) is 36.0 Å². The zero-order valence-corrected chi connectivity index (χ0v) is 13.1. The zero-order chi connectivity index (χ0) is 15.5. The van der Waals surface area contributed by atoms with Gasteiger partial charge in [-0.3, -0.25) is 5.32 Å². The number of carboxylic acid groups (broad SMARTS) is 1. The highest BCUT2D eigenvalue weighted by atomic mass is 32.1. The predicted molar refractivity (Wildman–Crippen MR) is 83.2 cm³/mol. The van der Waals surface area contributed by atoms with Crippen LogP contribution >= 0.6 is 11.3 Å².